The lowest BCUT2D eigenvalue weighted by Gasteiger charge is -2.47. The Balaban J connectivity index is 1.36. The van der Waals surface area contributed by atoms with Gasteiger partial charge in [0.15, 0.2) is 0 Å². The molecule has 0 atom stereocenters. The highest BCUT2D eigenvalue weighted by atomic mass is 16.2. The van der Waals surface area contributed by atoms with Gasteiger partial charge in [0.05, 0.1) is 11.6 Å². The SMILES string of the molecule is N#Cc1ccc(C(=O)N2CC(N3CCc4ccccc4C3)C2)cc1. The largest absolute Gasteiger partial charge is 0.335 e. The highest BCUT2D eigenvalue weighted by Gasteiger charge is 2.36. The third-order valence-corrected chi connectivity index (χ3v) is 5.09. The number of fused-ring (bicyclic) bond motifs is 1. The van der Waals surface area contributed by atoms with Crippen molar-refractivity contribution in [2.45, 2.75) is 19.0 Å². The van der Waals surface area contributed by atoms with Gasteiger partial charge in [0.25, 0.3) is 5.91 Å². The Morgan fingerprint density at radius 1 is 1.04 bits per heavy atom. The van der Waals surface area contributed by atoms with Gasteiger partial charge in [0.2, 0.25) is 0 Å². The molecule has 0 aliphatic carbocycles. The van der Waals surface area contributed by atoms with Crippen molar-refractivity contribution in [1.29, 1.82) is 5.26 Å². The van der Waals surface area contributed by atoms with E-state index in [0.29, 0.717) is 17.2 Å². The van der Waals surface area contributed by atoms with Crippen LogP contribution in [0.5, 0.6) is 0 Å². The molecular weight excluding hydrogens is 298 g/mol. The van der Waals surface area contributed by atoms with E-state index in [-0.39, 0.29) is 5.91 Å². The first-order valence-electron chi connectivity index (χ1n) is 8.35. The summed E-state index contributed by atoms with van der Waals surface area (Å²) in [6.45, 7) is 3.64. The van der Waals surface area contributed by atoms with Gasteiger partial charge < -0.3 is 4.90 Å². The zero-order valence-corrected chi connectivity index (χ0v) is 13.5. The number of amides is 1. The van der Waals surface area contributed by atoms with E-state index in [9.17, 15) is 4.79 Å². The van der Waals surface area contributed by atoms with Gasteiger partial charge in [-0.1, -0.05) is 24.3 Å². The Morgan fingerprint density at radius 3 is 2.46 bits per heavy atom. The van der Waals surface area contributed by atoms with Gasteiger partial charge in [0, 0.05) is 37.8 Å². The molecule has 1 saturated heterocycles. The summed E-state index contributed by atoms with van der Waals surface area (Å²) in [4.78, 5) is 16.9. The fraction of sp³-hybridized carbons (Fsp3) is 0.300. The maximum Gasteiger partial charge on any atom is 0.253 e. The average molecular weight is 317 g/mol. The smallest absolute Gasteiger partial charge is 0.253 e. The fourth-order valence-electron chi connectivity index (χ4n) is 3.55. The van der Waals surface area contributed by atoms with Crippen LogP contribution in [0.25, 0.3) is 0 Å². The van der Waals surface area contributed by atoms with Crippen LogP contribution in [0.3, 0.4) is 0 Å². The number of hydrogen-bond donors (Lipinski definition) is 0. The third-order valence-electron chi connectivity index (χ3n) is 5.09. The Bertz CT molecular complexity index is 800. The van der Waals surface area contributed by atoms with Crippen molar-refractivity contribution in [1.82, 2.24) is 9.80 Å². The van der Waals surface area contributed by atoms with Crippen LogP contribution in [0.1, 0.15) is 27.0 Å². The van der Waals surface area contributed by atoms with Crippen molar-refractivity contribution in [3.63, 3.8) is 0 Å². The van der Waals surface area contributed by atoms with E-state index < -0.39 is 0 Å². The minimum Gasteiger partial charge on any atom is -0.335 e. The van der Waals surface area contributed by atoms with Gasteiger partial charge in [-0.2, -0.15) is 5.26 Å². The third kappa shape index (κ3) is 2.68. The van der Waals surface area contributed by atoms with Crippen molar-refractivity contribution >= 4 is 5.91 Å². The number of hydrogen-bond acceptors (Lipinski definition) is 3. The van der Waals surface area contributed by atoms with E-state index in [2.05, 4.69) is 35.2 Å². The van der Waals surface area contributed by atoms with Gasteiger partial charge in [-0.3, -0.25) is 9.69 Å². The summed E-state index contributed by atoms with van der Waals surface area (Å²) >= 11 is 0. The minimum atomic E-state index is 0.0631. The summed E-state index contributed by atoms with van der Waals surface area (Å²) in [7, 11) is 0. The van der Waals surface area contributed by atoms with Crippen LogP contribution in [0.15, 0.2) is 48.5 Å². The van der Waals surface area contributed by atoms with E-state index in [1.54, 1.807) is 24.3 Å². The number of nitriles is 1. The molecule has 2 aliphatic rings. The summed E-state index contributed by atoms with van der Waals surface area (Å²) in [5.74, 6) is 0.0631. The predicted molar refractivity (Wildman–Crippen MR) is 91.4 cm³/mol. The van der Waals surface area contributed by atoms with Crippen LogP contribution in [-0.2, 0) is 13.0 Å². The van der Waals surface area contributed by atoms with Crippen LogP contribution < -0.4 is 0 Å². The van der Waals surface area contributed by atoms with E-state index in [4.69, 9.17) is 5.26 Å². The molecule has 0 saturated carbocycles. The highest BCUT2D eigenvalue weighted by Crippen LogP contribution is 2.25. The second-order valence-electron chi connectivity index (χ2n) is 6.54. The Morgan fingerprint density at radius 2 is 1.75 bits per heavy atom. The normalized spacial score (nSPS) is 17.7. The quantitative estimate of drug-likeness (QED) is 0.855. The molecular formula is C20H19N3O. The molecule has 2 heterocycles. The summed E-state index contributed by atoms with van der Waals surface area (Å²) < 4.78 is 0. The molecule has 4 heteroatoms. The van der Waals surface area contributed by atoms with Crippen LogP contribution in [0, 0.1) is 11.3 Å². The second-order valence-corrected chi connectivity index (χ2v) is 6.54. The molecule has 2 aromatic carbocycles. The first-order valence-corrected chi connectivity index (χ1v) is 8.35. The van der Waals surface area contributed by atoms with Crippen molar-refractivity contribution in [2.24, 2.45) is 0 Å². The van der Waals surface area contributed by atoms with E-state index >= 15 is 0 Å². The fourth-order valence-corrected chi connectivity index (χ4v) is 3.55. The molecule has 4 nitrogen and oxygen atoms in total. The molecule has 24 heavy (non-hydrogen) atoms. The molecule has 0 radical (unpaired) electrons. The van der Waals surface area contributed by atoms with Crippen LogP contribution in [0.4, 0.5) is 0 Å². The lowest BCUT2D eigenvalue weighted by Crippen LogP contribution is -2.61. The van der Waals surface area contributed by atoms with E-state index in [1.165, 1.54) is 11.1 Å². The molecule has 0 spiro atoms. The number of carbonyl (C=O) groups excluding carboxylic acids is 1. The van der Waals surface area contributed by atoms with Gasteiger partial charge in [-0.05, 0) is 41.8 Å². The average Bonchev–Trinajstić information content (AvgIpc) is 2.60. The first kappa shape index (κ1) is 14.9. The van der Waals surface area contributed by atoms with Crippen molar-refractivity contribution in [3.8, 4) is 6.07 Å². The molecule has 1 amide bonds. The molecule has 2 aliphatic heterocycles. The Kier molecular flexibility index (Phi) is 3.79. The number of carbonyl (C=O) groups is 1. The van der Waals surface area contributed by atoms with Gasteiger partial charge in [-0.25, -0.2) is 0 Å². The number of likely N-dealkylation sites (tertiary alicyclic amines) is 1. The summed E-state index contributed by atoms with van der Waals surface area (Å²) in [6, 6.07) is 18.1. The lowest BCUT2D eigenvalue weighted by molar-refractivity contribution is 0.0218. The van der Waals surface area contributed by atoms with Gasteiger partial charge >= 0.3 is 0 Å². The standard InChI is InChI=1S/C20H19N3O/c21-11-15-5-7-17(8-6-15)20(24)23-13-19(14-23)22-10-9-16-3-1-2-4-18(16)12-22/h1-8,19H,9-10,12-14H2. The molecule has 2 aromatic rings. The lowest BCUT2D eigenvalue weighted by atomic mass is 9.96. The van der Waals surface area contributed by atoms with Crippen molar-refractivity contribution in [2.75, 3.05) is 19.6 Å². The topological polar surface area (TPSA) is 47.3 Å². The Hall–Kier alpha value is -2.64. The molecule has 4 rings (SSSR count). The maximum atomic E-state index is 12.5. The summed E-state index contributed by atoms with van der Waals surface area (Å²) in [5, 5.41) is 8.83. The Labute approximate surface area is 141 Å². The maximum absolute atomic E-state index is 12.5. The van der Waals surface area contributed by atoms with Crippen LogP contribution in [0.2, 0.25) is 0 Å². The first-order chi connectivity index (χ1) is 11.7. The van der Waals surface area contributed by atoms with Crippen LogP contribution >= 0.6 is 0 Å². The molecule has 0 aromatic heterocycles. The monoisotopic (exact) mass is 317 g/mol. The summed E-state index contributed by atoms with van der Waals surface area (Å²) in [5.41, 5.74) is 4.12. The second kappa shape index (κ2) is 6.10. The van der Waals surface area contributed by atoms with Gasteiger partial charge in [0.1, 0.15) is 0 Å². The molecule has 0 bridgehead atoms. The van der Waals surface area contributed by atoms with Crippen LogP contribution in [-0.4, -0.2) is 41.4 Å². The molecule has 0 unspecified atom stereocenters. The molecule has 1 fully saturated rings. The zero-order chi connectivity index (χ0) is 16.5. The molecule has 120 valence electrons. The molecule has 0 N–H and O–H groups in total. The number of nitrogens with zero attached hydrogens (tertiary/aromatic N) is 3. The van der Waals surface area contributed by atoms with E-state index in [1.807, 2.05) is 4.90 Å². The van der Waals surface area contributed by atoms with Crippen molar-refractivity contribution in [3.05, 3.63) is 70.8 Å². The van der Waals surface area contributed by atoms with Gasteiger partial charge in [-0.15, -0.1) is 0 Å². The predicted octanol–water partition coefficient (Wildman–Crippen LogP) is 2.44. The summed E-state index contributed by atoms with van der Waals surface area (Å²) in [6.07, 6.45) is 1.09. The number of rotatable bonds is 2. The highest BCUT2D eigenvalue weighted by molar-refractivity contribution is 5.94. The van der Waals surface area contributed by atoms with Crippen molar-refractivity contribution < 1.29 is 4.79 Å². The zero-order valence-electron chi connectivity index (χ0n) is 13.5. The minimum absolute atomic E-state index is 0.0631. The number of benzene rings is 2. The van der Waals surface area contributed by atoms with E-state index in [0.717, 1.165) is 32.6 Å².